The van der Waals surface area contributed by atoms with Crippen LogP contribution in [0.3, 0.4) is 0 Å². The highest BCUT2D eigenvalue weighted by Crippen LogP contribution is 2.34. The Morgan fingerprint density at radius 1 is 1.29 bits per heavy atom. The van der Waals surface area contributed by atoms with E-state index in [1.54, 1.807) is 23.0 Å². The van der Waals surface area contributed by atoms with Crippen LogP contribution in [0, 0.1) is 0 Å². The molecule has 2 heterocycles. The van der Waals surface area contributed by atoms with Crippen LogP contribution in [0.1, 0.15) is 28.8 Å². The molecule has 0 saturated heterocycles. The standard InChI is InChI=1S/C18H18ClN3OS/c1-22-17(23)15-12-7-3-5-9-14(12)24-16(15)21-18(22)20-10-11-6-2-4-8-13(11)19/h2,4,6,8H,3,5,7,9-10H2,1H3,(H,20,21). The number of nitrogens with one attached hydrogen (secondary N) is 1. The summed E-state index contributed by atoms with van der Waals surface area (Å²) < 4.78 is 1.61. The Labute approximate surface area is 149 Å². The van der Waals surface area contributed by atoms with Crippen molar-refractivity contribution in [3.05, 3.63) is 55.6 Å². The van der Waals surface area contributed by atoms with Crippen LogP contribution >= 0.6 is 22.9 Å². The number of hydrogen-bond acceptors (Lipinski definition) is 4. The van der Waals surface area contributed by atoms with Crippen molar-refractivity contribution in [3.8, 4) is 0 Å². The Hall–Kier alpha value is -1.85. The molecular weight excluding hydrogens is 342 g/mol. The first kappa shape index (κ1) is 15.7. The summed E-state index contributed by atoms with van der Waals surface area (Å²) in [6.45, 7) is 0.538. The summed E-state index contributed by atoms with van der Waals surface area (Å²) in [7, 11) is 1.77. The minimum atomic E-state index is 0.0426. The smallest absolute Gasteiger partial charge is 0.263 e. The van der Waals surface area contributed by atoms with Gasteiger partial charge in [0.2, 0.25) is 5.95 Å². The van der Waals surface area contributed by atoms with E-state index in [4.69, 9.17) is 16.6 Å². The van der Waals surface area contributed by atoms with E-state index in [2.05, 4.69) is 5.32 Å². The molecule has 0 atom stereocenters. The Kier molecular flexibility index (Phi) is 4.06. The van der Waals surface area contributed by atoms with Gasteiger partial charge in [0.25, 0.3) is 5.56 Å². The molecule has 24 heavy (non-hydrogen) atoms. The summed E-state index contributed by atoms with van der Waals surface area (Å²) in [6.07, 6.45) is 4.44. The topological polar surface area (TPSA) is 46.9 Å². The zero-order chi connectivity index (χ0) is 16.7. The van der Waals surface area contributed by atoms with E-state index in [1.807, 2.05) is 24.3 Å². The summed E-state index contributed by atoms with van der Waals surface area (Å²) in [5, 5.41) is 4.79. The van der Waals surface area contributed by atoms with Crippen molar-refractivity contribution in [1.82, 2.24) is 9.55 Å². The van der Waals surface area contributed by atoms with E-state index in [0.717, 1.165) is 35.0 Å². The Bertz CT molecular complexity index is 976. The molecule has 0 radical (unpaired) electrons. The number of hydrogen-bond donors (Lipinski definition) is 1. The van der Waals surface area contributed by atoms with Crippen LogP contribution in [-0.2, 0) is 26.4 Å². The van der Waals surface area contributed by atoms with Crippen LogP contribution in [0.4, 0.5) is 5.95 Å². The fourth-order valence-corrected chi connectivity index (χ4v) is 4.71. The minimum absolute atomic E-state index is 0.0426. The van der Waals surface area contributed by atoms with Crippen LogP contribution in [0.5, 0.6) is 0 Å². The molecule has 0 amide bonds. The van der Waals surface area contributed by atoms with Gasteiger partial charge in [0.15, 0.2) is 0 Å². The second-order valence-electron chi connectivity index (χ2n) is 6.14. The molecule has 0 unspecified atom stereocenters. The van der Waals surface area contributed by atoms with Gasteiger partial charge in [-0.15, -0.1) is 11.3 Å². The number of thiophene rings is 1. The fourth-order valence-electron chi connectivity index (χ4n) is 3.26. The first-order chi connectivity index (χ1) is 11.6. The van der Waals surface area contributed by atoms with Gasteiger partial charge < -0.3 is 5.32 Å². The third kappa shape index (κ3) is 2.62. The lowest BCUT2D eigenvalue weighted by molar-refractivity contribution is 0.699. The molecule has 1 N–H and O–H groups in total. The Balaban J connectivity index is 1.73. The highest BCUT2D eigenvalue weighted by atomic mass is 35.5. The summed E-state index contributed by atoms with van der Waals surface area (Å²) in [6, 6.07) is 7.69. The molecule has 0 saturated carbocycles. The summed E-state index contributed by atoms with van der Waals surface area (Å²) in [5.41, 5.74) is 2.26. The van der Waals surface area contributed by atoms with Crippen LogP contribution in [-0.4, -0.2) is 9.55 Å². The first-order valence-corrected chi connectivity index (χ1v) is 9.33. The second kappa shape index (κ2) is 6.22. The quantitative estimate of drug-likeness (QED) is 0.764. The van der Waals surface area contributed by atoms with Crippen molar-refractivity contribution in [2.75, 3.05) is 5.32 Å². The maximum Gasteiger partial charge on any atom is 0.263 e. The molecule has 0 fully saturated rings. The molecule has 1 aliphatic carbocycles. The number of halogens is 1. The van der Waals surface area contributed by atoms with Gasteiger partial charge in [-0.05, 0) is 42.9 Å². The lowest BCUT2D eigenvalue weighted by atomic mass is 9.97. The monoisotopic (exact) mass is 359 g/mol. The maximum absolute atomic E-state index is 12.8. The van der Waals surface area contributed by atoms with E-state index in [0.29, 0.717) is 17.5 Å². The van der Waals surface area contributed by atoms with Gasteiger partial charge in [-0.3, -0.25) is 9.36 Å². The lowest BCUT2D eigenvalue weighted by Crippen LogP contribution is -2.22. The van der Waals surface area contributed by atoms with Crippen molar-refractivity contribution in [2.45, 2.75) is 32.2 Å². The molecule has 0 bridgehead atoms. The summed E-state index contributed by atoms with van der Waals surface area (Å²) >= 11 is 7.87. The predicted octanol–water partition coefficient (Wildman–Crippen LogP) is 4.14. The molecule has 124 valence electrons. The fraction of sp³-hybridized carbons (Fsp3) is 0.333. The van der Waals surface area contributed by atoms with Gasteiger partial charge in [0.05, 0.1) is 5.39 Å². The molecule has 4 nitrogen and oxygen atoms in total. The Morgan fingerprint density at radius 2 is 2.08 bits per heavy atom. The van der Waals surface area contributed by atoms with Crippen LogP contribution < -0.4 is 10.9 Å². The molecule has 6 heteroatoms. The predicted molar refractivity (Wildman–Crippen MR) is 100 cm³/mol. The van der Waals surface area contributed by atoms with Crippen molar-refractivity contribution in [1.29, 1.82) is 0 Å². The molecule has 4 rings (SSSR count). The molecular formula is C18H18ClN3OS. The molecule has 2 aromatic heterocycles. The van der Waals surface area contributed by atoms with Gasteiger partial charge in [-0.25, -0.2) is 4.98 Å². The van der Waals surface area contributed by atoms with E-state index in [1.165, 1.54) is 16.9 Å². The second-order valence-corrected chi connectivity index (χ2v) is 7.63. The number of fused-ring (bicyclic) bond motifs is 3. The highest BCUT2D eigenvalue weighted by Gasteiger charge is 2.21. The van der Waals surface area contributed by atoms with Crippen molar-refractivity contribution in [2.24, 2.45) is 7.05 Å². The van der Waals surface area contributed by atoms with E-state index in [9.17, 15) is 4.79 Å². The van der Waals surface area contributed by atoms with Crippen LogP contribution in [0.25, 0.3) is 10.2 Å². The van der Waals surface area contributed by atoms with Gasteiger partial charge in [-0.1, -0.05) is 29.8 Å². The normalized spacial score (nSPS) is 13.9. The van der Waals surface area contributed by atoms with Crippen molar-refractivity contribution < 1.29 is 0 Å². The molecule has 1 aromatic carbocycles. The van der Waals surface area contributed by atoms with Gasteiger partial charge in [0, 0.05) is 23.5 Å². The summed E-state index contributed by atoms with van der Waals surface area (Å²) in [5.74, 6) is 0.589. The van der Waals surface area contributed by atoms with Gasteiger partial charge in [-0.2, -0.15) is 0 Å². The van der Waals surface area contributed by atoms with E-state index in [-0.39, 0.29) is 5.56 Å². The van der Waals surface area contributed by atoms with Crippen LogP contribution in [0.15, 0.2) is 29.1 Å². The Morgan fingerprint density at radius 3 is 2.92 bits per heavy atom. The molecule has 1 aliphatic rings. The number of nitrogens with zero attached hydrogens (tertiary/aromatic N) is 2. The lowest BCUT2D eigenvalue weighted by Gasteiger charge is -2.12. The number of benzene rings is 1. The van der Waals surface area contributed by atoms with E-state index >= 15 is 0 Å². The third-order valence-corrected chi connectivity index (χ3v) is 6.15. The first-order valence-electron chi connectivity index (χ1n) is 8.13. The third-order valence-electron chi connectivity index (χ3n) is 4.59. The largest absolute Gasteiger partial charge is 0.351 e. The van der Waals surface area contributed by atoms with Crippen molar-refractivity contribution >= 4 is 39.1 Å². The zero-order valence-electron chi connectivity index (χ0n) is 13.4. The molecule has 0 spiro atoms. The number of aromatic nitrogens is 2. The van der Waals surface area contributed by atoms with Gasteiger partial charge >= 0.3 is 0 Å². The highest BCUT2D eigenvalue weighted by molar-refractivity contribution is 7.18. The van der Waals surface area contributed by atoms with Gasteiger partial charge in [0.1, 0.15) is 4.83 Å². The minimum Gasteiger partial charge on any atom is -0.351 e. The average molecular weight is 360 g/mol. The number of aryl methyl sites for hydroxylation is 2. The average Bonchev–Trinajstić information content (AvgIpc) is 2.96. The van der Waals surface area contributed by atoms with Crippen LogP contribution in [0.2, 0.25) is 5.02 Å². The summed E-state index contributed by atoms with van der Waals surface area (Å²) in [4.78, 5) is 19.7. The molecule has 0 aliphatic heterocycles. The SMILES string of the molecule is Cn1c(NCc2ccccc2Cl)nc2sc3c(c2c1=O)CCCC3. The number of rotatable bonds is 3. The van der Waals surface area contributed by atoms with E-state index < -0.39 is 0 Å². The maximum atomic E-state index is 12.8. The molecule has 3 aromatic rings. The van der Waals surface area contributed by atoms with Crippen molar-refractivity contribution in [3.63, 3.8) is 0 Å². The zero-order valence-corrected chi connectivity index (χ0v) is 15.0. The number of anilines is 1.